The maximum Gasteiger partial charge on any atom is 0.289 e. The first kappa shape index (κ1) is 12.2. The molecular weight excluding hydrogens is 216 g/mol. The topological polar surface area (TPSA) is 45.5 Å². The lowest BCUT2D eigenvalue weighted by Gasteiger charge is -2.32. The minimum atomic E-state index is 0.0145. The number of likely N-dealkylation sites (tertiary alicyclic amines) is 1. The zero-order valence-corrected chi connectivity index (χ0v) is 10.5. The van der Waals surface area contributed by atoms with Gasteiger partial charge in [0.2, 0.25) is 0 Å². The highest BCUT2D eigenvalue weighted by Crippen LogP contribution is 2.15. The van der Waals surface area contributed by atoms with E-state index in [9.17, 15) is 4.79 Å². The Hall–Kier alpha value is -1.29. The van der Waals surface area contributed by atoms with Crippen molar-refractivity contribution in [3.05, 3.63) is 23.7 Å². The Morgan fingerprint density at radius 3 is 3.06 bits per heavy atom. The summed E-state index contributed by atoms with van der Waals surface area (Å²) in [6.07, 6.45) is 2.21. The first-order chi connectivity index (χ1) is 8.20. The molecule has 1 aliphatic rings. The lowest BCUT2D eigenvalue weighted by atomic mass is 10.1. The predicted octanol–water partition coefficient (Wildman–Crippen LogP) is 1.80. The second kappa shape index (κ2) is 5.36. The van der Waals surface area contributed by atoms with E-state index in [0.717, 1.165) is 38.2 Å². The van der Waals surface area contributed by atoms with Crippen molar-refractivity contribution in [2.24, 2.45) is 0 Å². The quantitative estimate of drug-likeness (QED) is 0.870. The number of carbonyl (C=O) groups excluding carboxylic acids is 1. The summed E-state index contributed by atoms with van der Waals surface area (Å²) in [6.45, 7) is 6.52. The predicted molar refractivity (Wildman–Crippen MR) is 66.0 cm³/mol. The molecule has 0 radical (unpaired) electrons. The van der Waals surface area contributed by atoms with E-state index in [2.05, 4.69) is 12.2 Å². The van der Waals surface area contributed by atoms with Gasteiger partial charge in [-0.2, -0.15) is 0 Å². The third-order valence-electron chi connectivity index (χ3n) is 3.15. The van der Waals surface area contributed by atoms with Crippen LogP contribution >= 0.6 is 0 Å². The second-order valence-corrected chi connectivity index (χ2v) is 4.56. The molecule has 1 saturated heterocycles. The smallest absolute Gasteiger partial charge is 0.289 e. The van der Waals surface area contributed by atoms with Crippen molar-refractivity contribution >= 4 is 5.91 Å². The largest absolute Gasteiger partial charge is 0.456 e. The summed E-state index contributed by atoms with van der Waals surface area (Å²) >= 11 is 0. The summed E-state index contributed by atoms with van der Waals surface area (Å²) in [4.78, 5) is 14.1. The molecular formula is C13H20N2O2. The third kappa shape index (κ3) is 2.88. The van der Waals surface area contributed by atoms with E-state index in [1.165, 1.54) is 0 Å². The number of nitrogens with one attached hydrogen (secondary N) is 1. The molecule has 1 N–H and O–H groups in total. The van der Waals surface area contributed by atoms with Crippen LogP contribution in [0.4, 0.5) is 0 Å². The normalized spacial score (nSPS) is 20.6. The number of hydrogen-bond donors (Lipinski definition) is 1. The second-order valence-electron chi connectivity index (χ2n) is 4.56. The first-order valence-corrected chi connectivity index (χ1v) is 6.29. The Kier molecular flexibility index (Phi) is 3.84. The molecule has 1 fully saturated rings. The highest BCUT2D eigenvalue weighted by Gasteiger charge is 2.25. The van der Waals surface area contributed by atoms with Crippen molar-refractivity contribution in [3.63, 3.8) is 0 Å². The first-order valence-electron chi connectivity index (χ1n) is 6.29. The van der Waals surface area contributed by atoms with Crippen LogP contribution in [0.2, 0.25) is 0 Å². The zero-order chi connectivity index (χ0) is 12.3. The number of amides is 1. The molecule has 0 saturated carbocycles. The molecule has 1 aromatic rings. The van der Waals surface area contributed by atoms with Crippen molar-refractivity contribution in [2.75, 3.05) is 19.6 Å². The van der Waals surface area contributed by atoms with Gasteiger partial charge < -0.3 is 14.6 Å². The Labute approximate surface area is 102 Å². The van der Waals surface area contributed by atoms with Gasteiger partial charge in [-0.1, -0.05) is 6.92 Å². The molecule has 4 heteroatoms. The van der Waals surface area contributed by atoms with Gasteiger partial charge in [0.05, 0.1) is 0 Å². The van der Waals surface area contributed by atoms with Gasteiger partial charge >= 0.3 is 0 Å². The number of furan rings is 1. The fourth-order valence-electron chi connectivity index (χ4n) is 2.32. The van der Waals surface area contributed by atoms with Gasteiger partial charge in [0.1, 0.15) is 5.76 Å². The van der Waals surface area contributed by atoms with Crippen LogP contribution in [0.15, 0.2) is 16.5 Å². The monoisotopic (exact) mass is 236 g/mol. The number of rotatable bonds is 3. The molecule has 1 atom stereocenters. The number of hydrogen-bond acceptors (Lipinski definition) is 3. The lowest BCUT2D eigenvalue weighted by Crippen LogP contribution is -2.47. The molecule has 1 amide bonds. The Bertz CT molecular complexity index is 385. The third-order valence-corrected chi connectivity index (χ3v) is 3.15. The van der Waals surface area contributed by atoms with E-state index in [-0.39, 0.29) is 5.91 Å². The number of likely N-dealkylation sites (N-methyl/N-ethyl adjacent to an activating group) is 1. The van der Waals surface area contributed by atoms with Crippen LogP contribution in [0.5, 0.6) is 0 Å². The van der Waals surface area contributed by atoms with Gasteiger partial charge in [0.25, 0.3) is 5.91 Å². The van der Waals surface area contributed by atoms with Crippen LogP contribution in [0.25, 0.3) is 0 Å². The van der Waals surface area contributed by atoms with Crippen LogP contribution in [0.1, 0.15) is 36.1 Å². The molecule has 0 aromatic carbocycles. The molecule has 0 aliphatic carbocycles. The number of carbonyl (C=O) groups is 1. The minimum Gasteiger partial charge on any atom is -0.456 e. The summed E-state index contributed by atoms with van der Waals surface area (Å²) < 4.78 is 5.38. The fourth-order valence-corrected chi connectivity index (χ4v) is 2.32. The van der Waals surface area contributed by atoms with E-state index in [4.69, 9.17) is 4.42 Å². The maximum absolute atomic E-state index is 12.2. The molecule has 0 spiro atoms. The van der Waals surface area contributed by atoms with Crippen LogP contribution in [0.3, 0.4) is 0 Å². The van der Waals surface area contributed by atoms with Gasteiger partial charge in [-0.05, 0) is 38.4 Å². The highest BCUT2D eigenvalue weighted by molar-refractivity contribution is 5.91. The van der Waals surface area contributed by atoms with Crippen LogP contribution in [0, 0.1) is 6.92 Å². The molecule has 2 heterocycles. The van der Waals surface area contributed by atoms with E-state index >= 15 is 0 Å². The van der Waals surface area contributed by atoms with Gasteiger partial charge in [0, 0.05) is 19.1 Å². The lowest BCUT2D eigenvalue weighted by molar-refractivity contribution is 0.0662. The molecule has 94 valence electrons. The van der Waals surface area contributed by atoms with Crippen LogP contribution < -0.4 is 5.32 Å². The van der Waals surface area contributed by atoms with E-state index in [1.54, 1.807) is 6.07 Å². The molecule has 2 rings (SSSR count). The SMILES string of the molecule is CCNC1CCCN(C(=O)c2ccc(C)o2)C1. The van der Waals surface area contributed by atoms with Crippen molar-refractivity contribution in [1.82, 2.24) is 10.2 Å². The summed E-state index contributed by atoms with van der Waals surface area (Å²) in [7, 11) is 0. The van der Waals surface area contributed by atoms with Crippen LogP contribution in [-0.4, -0.2) is 36.5 Å². The van der Waals surface area contributed by atoms with E-state index in [1.807, 2.05) is 17.9 Å². The average Bonchev–Trinajstić information content (AvgIpc) is 2.76. The Balaban J connectivity index is 1.99. The maximum atomic E-state index is 12.2. The fraction of sp³-hybridized carbons (Fsp3) is 0.615. The summed E-state index contributed by atoms with van der Waals surface area (Å²) in [5.74, 6) is 1.26. The molecule has 1 aliphatic heterocycles. The van der Waals surface area contributed by atoms with Gasteiger partial charge in [-0.15, -0.1) is 0 Å². The number of nitrogens with zero attached hydrogens (tertiary/aromatic N) is 1. The Morgan fingerprint density at radius 1 is 1.59 bits per heavy atom. The van der Waals surface area contributed by atoms with E-state index in [0.29, 0.717) is 11.8 Å². The number of piperidine rings is 1. The molecule has 17 heavy (non-hydrogen) atoms. The Morgan fingerprint density at radius 2 is 2.41 bits per heavy atom. The van der Waals surface area contributed by atoms with Gasteiger partial charge in [-0.3, -0.25) is 4.79 Å². The summed E-state index contributed by atoms with van der Waals surface area (Å²) in [5, 5.41) is 3.40. The van der Waals surface area contributed by atoms with Crippen molar-refractivity contribution in [1.29, 1.82) is 0 Å². The average molecular weight is 236 g/mol. The molecule has 4 nitrogen and oxygen atoms in total. The molecule has 1 aromatic heterocycles. The van der Waals surface area contributed by atoms with Gasteiger partial charge in [0.15, 0.2) is 5.76 Å². The van der Waals surface area contributed by atoms with Crippen molar-refractivity contribution < 1.29 is 9.21 Å². The summed E-state index contributed by atoms with van der Waals surface area (Å²) in [6, 6.07) is 4.02. The summed E-state index contributed by atoms with van der Waals surface area (Å²) in [5.41, 5.74) is 0. The standard InChI is InChI=1S/C13H20N2O2/c1-3-14-11-5-4-8-15(9-11)13(16)12-7-6-10(2)17-12/h6-7,11,14H,3-5,8-9H2,1-2H3. The zero-order valence-electron chi connectivity index (χ0n) is 10.5. The molecule has 0 bridgehead atoms. The minimum absolute atomic E-state index is 0.0145. The number of aryl methyl sites for hydroxylation is 1. The van der Waals surface area contributed by atoms with Crippen molar-refractivity contribution in [3.8, 4) is 0 Å². The van der Waals surface area contributed by atoms with Gasteiger partial charge in [-0.25, -0.2) is 0 Å². The van der Waals surface area contributed by atoms with Crippen molar-refractivity contribution in [2.45, 2.75) is 32.7 Å². The van der Waals surface area contributed by atoms with E-state index < -0.39 is 0 Å². The highest BCUT2D eigenvalue weighted by atomic mass is 16.3. The van der Waals surface area contributed by atoms with Crippen LogP contribution in [-0.2, 0) is 0 Å². The molecule has 1 unspecified atom stereocenters.